The molecule has 2 heteroatoms. The molecule has 0 radical (unpaired) electrons. The first-order chi connectivity index (χ1) is 7.26. The zero-order valence-electron chi connectivity index (χ0n) is 11.6. The number of hydrogen-bond donors (Lipinski definition) is 0. The zero-order chi connectivity index (χ0) is 12.5. The number of hydrazone groups is 1. The molecule has 0 bridgehead atoms. The number of allylic oxidation sites excluding steroid dienone is 2. The molecule has 0 aromatic rings. The summed E-state index contributed by atoms with van der Waals surface area (Å²) in [4.78, 5) is 0. The van der Waals surface area contributed by atoms with E-state index in [-0.39, 0.29) is 5.54 Å². The van der Waals surface area contributed by atoms with Crippen molar-refractivity contribution in [3.63, 3.8) is 0 Å². The van der Waals surface area contributed by atoms with Gasteiger partial charge < -0.3 is 0 Å². The van der Waals surface area contributed by atoms with Crippen molar-refractivity contribution in [3.8, 4) is 0 Å². The minimum atomic E-state index is 0.0356. The highest BCUT2D eigenvalue weighted by atomic mass is 15.5. The van der Waals surface area contributed by atoms with Crippen molar-refractivity contribution in [1.82, 2.24) is 5.01 Å². The number of hydrogen-bond acceptors (Lipinski definition) is 2. The van der Waals surface area contributed by atoms with Gasteiger partial charge in [0, 0.05) is 17.6 Å². The second-order valence-corrected chi connectivity index (χ2v) is 5.73. The first-order valence-corrected chi connectivity index (χ1v) is 6.08. The first kappa shape index (κ1) is 13.1. The van der Waals surface area contributed by atoms with Gasteiger partial charge in [0.25, 0.3) is 0 Å². The molecule has 16 heavy (non-hydrogen) atoms. The van der Waals surface area contributed by atoms with Crippen LogP contribution in [0.4, 0.5) is 0 Å². The highest BCUT2D eigenvalue weighted by Crippen LogP contribution is 2.29. The Hall–Kier alpha value is -1.01. The third-order valence-electron chi connectivity index (χ3n) is 3.65. The predicted octanol–water partition coefficient (Wildman–Crippen LogP) is 3.81. The Bertz CT molecular complexity index is 353. The maximum Gasteiger partial charge on any atom is 0.0601 e. The van der Waals surface area contributed by atoms with Crippen molar-refractivity contribution in [2.75, 3.05) is 0 Å². The van der Waals surface area contributed by atoms with Gasteiger partial charge in [0.05, 0.1) is 5.54 Å². The van der Waals surface area contributed by atoms with Gasteiger partial charge in [-0.05, 0) is 38.2 Å². The molecule has 2 nitrogen and oxygen atoms in total. The van der Waals surface area contributed by atoms with Crippen molar-refractivity contribution < 1.29 is 0 Å². The van der Waals surface area contributed by atoms with E-state index in [9.17, 15) is 0 Å². The van der Waals surface area contributed by atoms with Crippen LogP contribution in [0.15, 0.2) is 22.4 Å². The van der Waals surface area contributed by atoms with Crippen LogP contribution in [-0.4, -0.2) is 16.4 Å². The normalized spacial score (nSPS) is 16.9. The Morgan fingerprint density at radius 2 is 1.81 bits per heavy atom. The largest absolute Gasteiger partial charge is 0.259 e. The lowest BCUT2D eigenvalue weighted by Gasteiger charge is -2.38. The van der Waals surface area contributed by atoms with Gasteiger partial charge in [-0.25, -0.2) is 0 Å². The summed E-state index contributed by atoms with van der Waals surface area (Å²) in [6, 6.07) is 0. The van der Waals surface area contributed by atoms with Gasteiger partial charge in [0.1, 0.15) is 0 Å². The van der Waals surface area contributed by atoms with Crippen molar-refractivity contribution >= 4 is 5.87 Å². The predicted molar refractivity (Wildman–Crippen MR) is 70.3 cm³/mol. The average molecular weight is 220 g/mol. The fourth-order valence-electron chi connectivity index (χ4n) is 1.59. The molecule has 1 aliphatic heterocycles. The molecular formula is C14H24N2. The van der Waals surface area contributed by atoms with Crippen LogP contribution in [-0.2, 0) is 0 Å². The van der Waals surface area contributed by atoms with Crippen LogP contribution >= 0.6 is 0 Å². The van der Waals surface area contributed by atoms with Crippen LogP contribution in [0.25, 0.3) is 0 Å². The van der Waals surface area contributed by atoms with Crippen LogP contribution in [0, 0.1) is 11.8 Å². The van der Waals surface area contributed by atoms with E-state index in [0.29, 0.717) is 11.8 Å². The fourth-order valence-corrected chi connectivity index (χ4v) is 1.59. The van der Waals surface area contributed by atoms with E-state index < -0.39 is 0 Å². The van der Waals surface area contributed by atoms with E-state index in [2.05, 4.69) is 70.6 Å². The van der Waals surface area contributed by atoms with E-state index in [0.717, 1.165) is 5.57 Å². The second-order valence-electron chi connectivity index (χ2n) is 5.73. The fraction of sp³-hybridized carbons (Fsp3) is 0.714. The zero-order valence-corrected chi connectivity index (χ0v) is 11.6. The summed E-state index contributed by atoms with van der Waals surface area (Å²) in [7, 11) is 0. The lowest BCUT2D eigenvalue weighted by Crippen LogP contribution is -2.42. The standard InChI is InChI=1S/C14H24N2/c1-10(2)13-9-16(15-8-12(13)5)14(6,7)11(3)4/h9-11H,1-7H3. The molecule has 0 spiro atoms. The molecule has 0 saturated carbocycles. The minimum Gasteiger partial charge on any atom is -0.259 e. The topological polar surface area (TPSA) is 15.6 Å². The smallest absolute Gasteiger partial charge is 0.0601 e. The molecule has 90 valence electrons. The van der Waals surface area contributed by atoms with Crippen molar-refractivity contribution in [1.29, 1.82) is 0 Å². The highest BCUT2D eigenvalue weighted by Gasteiger charge is 2.30. The molecule has 0 aromatic carbocycles. The Kier molecular flexibility index (Phi) is 3.64. The highest BCUT2D eigenvalue weighted by molar-refractivity contribution is 5.65. The van der Waals surface area contributed by atoms with Crippen molar-refractivity contribution in [2.45, 2.75) is 54.0 Å². The molecule has 0 unspecified atom stereocenters. The van der Waals surface area contributed by atoms with E-state index in [1.165, 1.54) is 5.57 Å². The van der Waals surface area contributed by atoms with Crippen LogP contribution in [0.5, 0.6) is 0 Å². The van der Waals surface area contributed by atoms with Gasteiger partial charge in [-0.1, -0.05) is 27.7 Å². The van der Waals surface area contributed by atoms with Gasteiger partial charge in [-0.15, -0.1) is 5.10 Å². The van der Waals surface area contributed by atoms with Crippen LogP contribution in [0.1, 0.15) is 48.5 Å². The summed E-state index contributed by atoms with van der Waals surface area (Å²) in [6.07, 6.45) is 2.18. The summed E-state index contributed by atoms with van der Waals surface area (Å²) in [6.45, 7) is 15.4. The Labute approximate surface area is 99.7 Å². The molecular weight excluding hydrogens is 196 g/mol. The van der Waals surface area contributed by atoms with E-state index in [4.69, 9.17) is 0 Å². The van der Waals surface area contributed by atoms with Crippen molar-refractivity contribution in [2.24, 2.45) is 16.9 Å². The Morgan fingerprint density at radius 1 is 1.25 bits per heavy atom. The Morgan fingerprint density at radius 3 is 2.25 bits per heavy atom. The van der Waals surface area contributed by atoms with Gasteiger partial charge in [0.2, 0.25) is 0 Å². The van der Waals surface area contributed by atoms with Crippen molar-refractivity contribution in [3.05, 3.63) is 17.3 Å². The summed E-state index contributed by atoms with van der Waals surface area (Å²) in [5, 5.41) is 6.46. The summed E-state index contributed by atoms with van der Waals surface area (Å²) in [5.74, 6) is 4.19. The molecule has 0 N–H and O–H groups in total. The molecule has 0 fully saturated rings. The molecule has 0 saturated heterocycles. The summed E-state index contributed by atoms with van der Waals surface area (Å²) >= 11 is 0. The molecule has 0 aliphatic carbocycles. The van der Waals surface area contributed by atoms with Crippen LogP contribution in [0.2, 0.25) is 0 Å². The SMILES string of the molecule is CC1=C=NN(C(C)(C)C(C)C)C=C1C(C)C. The molecule has 1 rings (SSSR count). The Balaban J connectivity index is 3.09. The monoisotopic (exact) mass is 220 g/mol. The quantitative estimate of drug-likeness (QED) is 0.706. The van der Waals surface area contributed by atoms with Gasteiger partial charge >= 0.3 is 0 Å². The van der Waals surface area contributed by atoms with Gasteiger partial charge in [-0.2, -0.15) is 0 Å². The molecule has 1 heterocycles. The molecule has 1 aliphatic rings. The minimum absolute atomic E-state index is 0.0356. The average Bonchev–Trinajstić information content (AvgIpc) is 2.17. The lowest BCUT2D eigenvalue weighted by atomic mass is 9.89. The number of rotatable bonds is 3. The second kappa shape index (κ2) is 4.47. The molecule has 0 aromatic heterocycles. The first-order valence-electron chi connectivity index (χ1n) is 6.08. The van der Waals surface area contributed by atoms with E-state index >= 15 is 0 Å². The van der Waals surface area contributed by atoms with Gasteiger partial charge in [-0.3, -0.25) is 5.01 Å². The maximum absolute atomic E-state index is 4.41. The van der Waals surface area contributed by atoms with E-state index in [1.54, 1.807) is 0 Å². The molecule has 0 amide bonds. The molecule has 0 atom stereocenters. The summed E-state index contributed by atoms with van der Waals surface area (Å²) < 4.78 is 0. The third-order valence-corrected chi connectivity index (χ3v) is 3.65. The summed E-state index contributed by atoms with van der Waals surface area (Å²) in [5.41, 5.74) is 2.53. The van der Waals surface area contributed by atoms with E-state index in [1.807, 2.05) is 0 Å². The van der Waals surface area contributed by atoms with Crippen LogP contribution in [0.3, 0.4) is 0 Å². The maximum atomic E-state index is 4.41. The third kappa shape index (κ3) is 2.38. The lowest BCUT2D eigenvalue weighted by molar-refractivity contribution is 0.132. The number of nitrogens with zero attached hydrogens (tertiary/aromatic N) is 2. The van der Waals surface area contributed by atoms with Gasteiger partial charge in [0.15, 0.2) is 0 Å². The van der Waals surface area contributed by atoms with Crippen LogP contribution < -0.4 is 0 Å².